The first-order valence-electron chi connectivity index (χ1n) is 7.66. The summed E-state index contributed by atoms with van der Waals surface area (Å²) in [5.74, 6) is 3.87. The van der Waals surface area contributed by atoms with Gasteiger partial charge in [0.2, 0.25) is 5.89 Å². The van der Waals surface area contributed by atoms with Crippen LogP contribution >= 0.6 is 0 Å². The molecule has 0 saturated carbocycles. The minimum Gasteiger partial charge on any atom is -0.444 e. The number of likely N-dealkylation sites (tertiary alicyclic amines) is 2. The lowest BCUT2D eigenvalue weighted by Gasteiger charge is -2.16. The van der Waals surface area contributed by atoms with E-state index in [1.165, 1.54) is 50.5 Å². The lowest BCUT2D eigenvalue weighted by molar-refractivity contribution is 0.247. The highest BCUT2D eigenvalue weighted by Crippen LogP contribution is 2.31. The molecule has 2 fully saturated rings. The van der Waals surface area contributed by atoms with Gasteiger partial charge in [-0.2, -0.15) is 0 Å². The smallest absolute Gasteiger partial charge is 0.208 e. The maximum Gasteiger partial charge on any atom is 0.208 e. The molecule has 0 radical (unpaired) electrons. The maximum absolute atomic E-state index is 5.95. The monoisotopic (exact) mass is 261 g/mol. The Bertz CT molecular complexity index is 432. The van der Waals surface area contributed by atoms with Gasteiger partial charge in [-0.05, 0) is 38.1 Å². The molecule has 4 heteroatoms. The topological polar surface area (TPSA) is 32.5 Å². The summed E-state index contributed by atoms with van der Waals surface area (Å²) < 4.78 is 5.95. The zero-order valence-corrected chi connectivity index (χ0v) is 11.8. The van der Waals surface area contributed by atoms with Gasteiger partial charge in [-0.15, -0.1) is 0 Å². The zero-order valence-electron chi connectivity index (χ0n) is 11.8. The van der Waals surface area contributed by atoms with Crippen LogP contribution in [0.2, 0.25) is 0 Å². The van der Waals surface area contributed by atoms with Crippen LogP contribution in [-0.2, 0) is 19.4 Å². The number of nitrogens with zero attached hydrogens (tertiary/aromatic N) is 3. The van der Waals surface area contributed by atoms with Gasteiger partial charge in [-0.25, -0.2) is 4.98 Å². The molecule has 2 aliphatic heterocycles. The normalized spacial score (nSPS) is 31.6. The minimum absolute atomic E-state index is 0.870. The van der Waals surface area contributed by atoms with E-state index in [2.05, 4.69) is 16.8 Å². The Balaban J connectivity index is 1.41. The van der Waals surface area contributed by atoms with E-state index in [0.717, 1.165) is 37.1 Å². The van der Waals surface area contributed by atoms with E-state index in [4.69, 9.17) is 9.40 Å². The van der Waals surface area contributed by atoms with Crippen molar-refractivity contribution in [3.8, 4) is 0 Å². The second-order valence-corrected chi connectivity index (χ2v) is 6.62. The average Bonchev–Trinajstić information content (AvgIpc) is 3.00. The summed E-state index contributed by atoms with van der Waals surface area (Å²) in [6, 6.07) is 0. The lowest BCUT2D eigenvalue weighted by atomic mass is 10.0. The number of aryl methyl sites for hydroxylation is 2. The molecule has 2 unspecified atom stereocenters. The second kappa shape index (κ2) is 4.60. The summed E-state index contributed by atoms with van der Waals surface area (Å²) in [5.41, 5.74) is 1.24. The van der Waals surface area contributed by atoms with Crippen LogP contribution in [0.3, 0.4) is 0 Å². The van der Waals surface area contributed by atoms with Crippen molar-refractivity contribution in [3.63, 3.8) is 0 Å². The van der Waals surface area contributed by atoms with Crippen LogP contribution in [0.25, 0.3) is 0 Å². The van der Waals surface area contributed by atoms with Crippen molar-refractivity contribution >= 4 is 0 Å². The number of fused-ring (bicyclic) bond motifs is 2. The first-order chi connectivity index (χ1) is 9.28. The standard InChI is InChI=1S/C15H23N3O/c1-17-6-11-8-18(9-12(11)7-17)10-15-16-13-4-2-3-5-14(13)19-15/h11-12H,2-10H2,1H3. The van der Waals surface area contributed by atoms with Crippen molar-refractivity contribution in [2.45, 2.75) is 32.2 Å². The number of oxazole rings is 1. The van der Waals surface area contributed by atoms with E-state index in [1.807, 2.05) is 0 Å². The predicted octanol–water partition coefficient (Wildman–Crippen LogP) is 1.55. The highest BCUT2D eigenvalue weighted by Gasteiger charge is 2.38. The summed E-state index contributed by atoms with van der Waals surface area (Å²) in [5, 5.41) is 0. The molecule has 4 nitrogen and oxygen atoms in total. The van der Waals surface area contributed by atoms with Crippen LogP contribution in [0.4, 0.5) is 0 Å². The van der Waals surface area contributed by atoms with Crippen molar-refractivity contribution in [2.75, 3.05) is 33.2 Å². The molecule has 19 heavy (non-hydrogen) atoms. The molecule has 0 spiro atoms. The maximum atomic E-state index is 5.95. The summed E-state index contributed by atoms with van der Waals surface area (Å²) in [7, 11) is 2.24. The summed E-state index contributed by atoms with van der Waals surface area (Å²) >= 11 is 0. The minimum atomic E-state index is 0.870. The molecule has 1 aromatic heterocycles. The van der Waals surface area contributed by atoms with Gasteiger partial charge in [0.15, 0.2) is 0 Å². The van der Waals surface area contributed by atoms with Crippen molar-refractivity contribution in [2.24, 2.45) is 11.8 Å². The molecule has 0 aromatic carbocycles. The predicted molar refractivity (Wildman–Crippen MR) is 72.9 cm³/mol. The largest absolute Gasteiger partial charge is 0.444 e. The molecule has 2 saturated heterocycles. The van der Waals surface area contributed by atoms with Gasteiger partial charge in [0.05, 0.1) is 12.2 Å². The summed E-state index contributed by atoms with van der Waals surface area (Å²) in [6.45, 7) is 5.90. The molecule has 4 rings (SSSR count). The molecular formula is C15H23N3O. The fourth-order valence-corrected chi connectivity index (χ4v) is 4.12. The number of hydrogen-bond donors (Lipinski definition) is 0. The van der Waals surface area contributed by atoms with Crippen LogP contribution in [0, 0.1) is 11.8 Å². The Morgan fingerprint density at radius 2 is 1.84 bits per heavy atom. The highest BCUT2D eigenvalue weighted by molar-refractivity contribution is 5.13. The number of aromatic nitrogens is 1. The van der Waals surface area contributed by atoms with Crippen molar-refractivity contribution < 1.29 is 4.42 Å². The van der Waals surface area contributed by atoms with Gasteiger partial charge in [0, 0.05) is 32.6 Å². The first-order valence-corrected chi connectivity index (χ1v) is 7.66. The van der Waals surface area contributed by atoms with Gasteiger partial charge < -0.3 is 9.32 Å². The third-order valence-electron chi connectivity index (χ3n) is 4.99. The van der Waals surface area contributed by atoms with Crippen LogP contribution in [-0.4, -0.2) is 48.0 Å². The third-order valence-corrected chi connectivity index (χ3v) is 4.99. The SMILES string of the molecule is CN1CC2CN(Cc3nc4c(o3)CCCC4)CC2C1. The Labute approximate surface area is 114 Å². The van der Waals surface area contributed by atoms with E-state index < -0.39 is 0 Å². The average molecular weight is 261 g/mol. The molecule has 3 heterocycles. The Morgan fingerprint density at radius 1 is 1.11 bits per heavy atom. The molecular weight excluding hydrogens is 238 g/mol. The van der Waals surface area contributed by atoms with Crippen LogP contribution < -0.4 is 0 Å². The highest BCUT2D eigenvalue weighted by atomic mass is 16.4. The van der Waals surface area contributed by atoms with E-state index in [9.17, 15) is 0 Å². The molecule has 3 aliphatic rings. The van der Waals surface area contributed by atoms with Gasteiger partial charge in [-0.1, -0.05) is 0 Å². The molecule has 0 amide bonds. The lowest BCUT2D eigenvalue weighted by Crippen LogP contribution is -2.26. The zero-order chi connectivity index (χ0) is 12.8. The fourth-order valence-electron chi connectivity index (χ4n) is 4.12. The molecule has 1 aliphatic carbocycles. The van der Waals surface area contributed by atoms with Gasteiger partial charge in [0.25, 0.3) is 0 Å². The van der Waals surface area contributed by atoms with E-state index in [1.54, 1.807) is 0 Å². The van der Waals surface area contributed by atoms with Gasteiger partial charge in [-0.3, -0.25) is 4.90 Å². The van der Waals surface area contributed by atoms with Crippen molar-refractivity contribution in [3.05, 3.63) is 17.3 Å². The van der Waals surface area contributed by atoms with E-state index >= 15 is 0 Å². The quantitative estimate of drug-likeness (QED) is 0.808. The fraction of sp³-hybridized carbons (Fsp3) is 0.800. The summed E-state index contributed by atoms with van der Waals surface area (Å²) in [6.07, 6.45) is 4.76. The Kier molecular flexibility index (Phi) is 2.88. The molecule has 1 aromatic rings. The number of hydrogen-bond acceptors (Lipinski definition) is 4. The molecule has 0 N–H and O–H groups in total. The first kappa shape index (κ1) is 11.9. The van der Waals surface area contributed by atoms with Gasteiger partial charge >= 0.3 is 0 Å². The van der Waals surface area contributed by atoms with E-state index in [0.29, 0.717) is 0 Å². The van der Waals surface area contributed by atoms with Gasteiger partial charge in [0.1, 0.15) is 5.76 Å². The third kappa shape index (κ3) is 2.21. The Hall–Kier alpha value is -0.870. The molecule has 0 bridgehead atoms. The van der Waals surface area contributed by atoms with E-state index in [-0.39, 0.29) is 0 Å². The molecule has 104 valence electrons. The van der Waals surface area contributed by atoms with Crippen LogP contribution in [0.1, 0.15) is 30.2 Å². The van der Waals surface area contributed by atoms with Crippen molar-refractivity contribution in [1.82, 2.24) is 14.8 Å². The summed E-state index contributed by atoms with van der Waals surface area (Å²) in [4.78, 5) is 9.71. The van der Waals surface area contributed by atoms with Crippen LogP contribution in [0.15, 0.2) is 4.42 Å². The Morgan fingerprint density at radius 3 is 2.58 bits per heavy atom. The van der Waals surface area contributed by atoms with Crippen molar-refractivity contribution in [1.29, 1.82) is 0 Å². The van der Waals surface area contributed by atoms with Crippen LogP contribution in [0.5, 0.6) is 0 Å². The second-order valence-electron chi connectivity index (χ2n) is 6.62. The number of rotatable bonds is 2. The molecule has 2 atom stereocenters.